The van der Waals surface area contributed by atoms with Crippen LogP contribution in [-0.2, 0) is 12.8 Å². The van der Waals surface area contributed by atoms with Gasteiger partial charge in [0.25, 0.3) is 0 Å². The minimum absolute atomic E-state index is 0.108. The second kappa shape index (κ2) is 7.58. The van der Waals surface area contributed by atoms with Crippen molar-refractivity contribution in [2.24, 2.45) is 0 Å². The molecule has 148 valence electrons. The van der Waals surface area contributed by atoms with E-state index in [1.807, 2.05) is 31.2 Å². The Morgan fingerprint density at radius 3 is 2.83 bits per heavy atom. The highest BCUT2D eigenvalue weighted by molar-refractivity contribution is 5.68. The zero-order valence-corrected chi connectivity index (χ0v) is 16.8. The summed E-state index contributed by atoms with van der Waals surface area (Å²) in [5.41, 5.74) is 6.55. The van der Waals surface area contributed by atoms with Crippen LogP contribution in [0.1, 0.15) is 59.7 Å². The molecule has 0 bridgehead atoms. The highest BCUT2D eigenvalue weighted by atomic mass is 19.1. The van der Waals surface area contributed by atoms with E-state index < -0.39 is 0 Å². The molecule has 1 saturated carbocycles. The summed E-state index contributed by atoms with van der Waals surface area (Å²) in [7, 11) is 0. The van der Waals surface area contributed by atoms with Crippen molar-refractivity contribution in [3.63, 3.8) is 0 Å². The smallest absolute Gasteiger partial charge is 0.134 e. The minimum atomic E-state index is -0.108. The summed E-state index contributed by atoms with van der Waals surface area (Å²) >= 11 is 0. The Labute approximate surface area is 171 Å². The van der Waals surface area contributed by atoms with E-state index >= 15 is 4.39 Å². The minimum Gasteiger partial charge on any atom is -0.370 e. The number of aryl methyl sites for hydroxylation is 2. The van der Waals surface area contributed by atoms with E-state index in [0.717, 1.165) is 66.1 Å². The maximum Gasteiger partial charge on any atom is 0.134 e. The average Bonchev–Trinajstić information content (AvgIpc) is 2.69. The number of nitrogens with zero attached hydrogens (tertiary/aromatic N) is 2. The quantitative estimate of drug-likeness (QED) is 0.614. The van der Waals surface area contributed by atoms with Crippen LogP contribution in [0.2, 0.25) is 0 Å². The molecule has 1 N–H and O–H groups in total. The molecule has 0 amide bonds. The Balaban J connectivity index is 1.58. The zero-order valence-electron chi connectivity index (χ0n) is 16.8. The lowest BCUT2D eigenvalue weighted by Crippen LogP contribution is -2.14. The van der Waals surface area contributed by atoms with Crippen molar-refractivity contribution in [3.8, 4) is 11.1 Å². The topological polar surface area (TPSA) is 37.8 Å². The summed E-state index contributed by atoms with van der Waals surface area (Å²) in [6, 6.07) is 12.2. The summed E-state index contributed by atoms with van der Waals surface area (Å²) in [6.45, 7) is 2.94. The Morgan fingerprint density at radius 2 is 2.03 bits per heavy atom. The second-order valence-electron chi connectivity index (χ2n) is 8.33. The van der Waals surface area contributed by atoms with Gasteiger partial charge in [-0.25, -0.2) is 9.37 Å². The van der Waals surface area contributed by atoms with Crippen LogP contribution in [0.25, 0.3) is 11.1 Å². The van der Waals surface area contributed by atoms with Gasteiger partial charge in [0.1, 0.15) is 11.6 Å². The van der Waals surface area contributed by atoms with Gasteiger partial charge in [0, 0.05) is 41.7 Å². The Bertz CT molecular complexity index is 1060. The third kappa shape index (κ3) is 3.52. The zero-order chi connectivity index (χ0) is 19.8. The number of anilines is 1. The highest BCUT2D eigenvalue weighted by Gasteiger charge is 2.26. The van der Waals surface area contributed by atoms with Crippen LogP contribution in [0.5, 0.6) is 0 Å². The summed E-state index contributed by atoms with van der Waals surface area (Å²) < 4.78 is 15.9. The number of hydrogen-bond acceptors (Lipinski definition) is 3. The first kappa shape index (κ1) is 18.3. The SMILES string of the molecule is Cc1cccc(Cc2c(C3CCC3)ccc(-c3cnc4c(c3)CCCN4)c2F)n1. The summed E-state index contributed by atoms with van der Waals surface area (Å²) in [5, 5.41) is 3.33. The van der Waals surface area contributed by atoms with Crippen molar-refractivity contribution in [2.45, 2.75) is 51.4 Å². The van der Waals surface area contributed by atoms with Gasteiger partial charge < -0.3 is 5.32 Å². The molecule has 1 aromatic carbocycles. The van der Waals surface area contributed by atoms with Crippen LogP contribution >= 0.6 is 0 Å². The van der Waals surface area contributed by atoms with Crippen LogP contribution in [0, 0.1) is 12.7 Å². The Kier molecular flexibility index (Phi) is 4.78. The fraction of sp³-hybridized carbons (Fsp3) is 0.360. The third-order valence-corrected chi connectivity index (χ3v) is 6.32. The van der Waals surface area contributed by atoms with E-state index in [4.69, 9.17) is 0 Å². The maximum absolute atomic E-state index is 15.9. The molecule has 4 heteroatoms. The van der Waals surface area contributed by atoms with Crippen molar-refractivity contribution >= 4 is 5.82 Å². The normalized spacial score (nSPS) is 16.1. The van der Waals surface area contributed by atoms with E-state index in [-0.39, 0.29) is 5.82 Å². The van der Waals surface area contributed by atoms with Crippen LogP contribution < -0.4 is 5.32 Å². The number of pyridine rings is 2. The standard InChI is InChI=1S/C25H26FN3/c1-16-5-2-9-20(29-16)14-23-21(17-6-3-7-17)10-11-22(24(23)26)19-13-18-8-4-12-27-25(18)28-15-19/h2,5,9-11,13,15,17H,3-4,6-8,12,14H2,1H3,(H,27,28). The number of benzene rings is 1. The second-order valence-corrected chi connectivity index (χ2v) is 8.33. The Hall–Kier alpha value is -2.75. The van der Waals surface area contributed by atoms with Gasteiger partial charge in [-0.3, -0.25) is 4.98 Å². The summed E-state index contributed by atoms with van der Waals surface area (Å²) in [4.78, 5) is 9.18. The lowest BCUT2D eigenvalue weighted by Gasteiger charge is -2.29. The molecule has 5 rings (SSSR count). The van der Waals surface area contributed by atoms with Gasteiger partial charge in [0.05, 0.1) is 0 Å². The average molecular weight is 388 g/mol. The molecule has 3 aromatic rings. The number of aromatic nitrogens is 2. The molecule has 3 nitrogen and oxygen atoms in total. The first-order valence-corrected chi connectivity index (χ1v) is 10.7. The predicted octanol–water partition coefficient (Wildman–Crippen LogP) is 5.81. The van der Waals surface area contributed by atoms with E-state index in [2.05, 4.69) is 27.4 Å². The van der Waals surface area contributed by atoms with Gasteiger partial charge in [-0.05, 0) is 73.4 Å². The van der Waals surface area contributed by atoms with Crippen LogP contribution in [0.4, 0.5) is 10.2 Å². The molecular weight excluding hydrogens is 361 g/mol. The van der Waals surface area contributed by atoms with Crippen molar-refractivity contribution in [2.75, 3.05) is 11.9 Å². The van der Waals surface area contributed by atoms with E-state index in [9.17, 15) is 0 Å². The van der Waals surface area contributed by atoms with Crippen LogP contribution in [0.15, 0.2) is 42.6 Å². The number of hydrogen-bond donors (Lipinski definition) is 1. The summed E-state index contributed by atoms with van der Waals surface area (Å²) in [5.74, 6) is 1.31. The third-order valence-electron chi connectivity index (χ3n) is 6.32. The molecule has 0 spiro atoms. The lowest BCUT2D eigenvalue weighted by atomic mass is 9.76. The van der Waals surface area contributed by atoms with Crippen LogP contribution in [-0.4, -0.2) is 16.5 Å². The molecule has 2 aliphatic rings. The van der Waals surface area contributed by atoms with Gasteiger partial charge in [-0.2, -0.15) is 0 Å². The van der Waals surface area contributed by atoms with Crippen molar-refractivity contribution in [3.05, 3.63) is 76.5 Å². The number of rotatable bonds is 4. The molecule has 0 atom stereocenters. The van der Waals surface area contributed by atoms with Gasteiger partial charge in [0.15, 0.2) is 0 Å². The van der Waals surface area contributed by atoms with Crippen molar-refractivity contribution in [1.29, 1.82) is 0 Å². The largest absolute Gasteiger partial charge is 0.370 e. The first-order chi connectivity index (χ1) is 14.2. The fourth-order valence-corrected chi connectivity index (χ4v) is 4.51. The molecular formula is C25H26FN3. The van der Waals surface area contributed by atoms with E-state index in [1.165, 1.54) is 12.0 Å². The summed E-state index contributed by atoms with van der Waals surface area (Å²) in [6.07, 6.45) is 7.95. The predicted molar refractivity (Wildman–Crippen MR) is 115 cm³/mol. The van der Waals surface area contributed by atoms with Gasteiger partial charge in [-0.1, -0.05) is 24.6 Å². The van der Waals surface area contributed by atoms with Crippen LogP contribution in [0.3, 0.4) is 0 Å². The number of nitrogens with one attached hydrogen (secondary N) is 1. The molecule has 29 heavy (non-hydrogen) atoms. The molecule has 0 saturated heterocycles. The number of halogens is 1. The van der Waals surface area contributed by atoms with E-state index in [1.54, 1.807) is 6.20 Å². The highest BCUT2D eigenvalue weighted by Crippen LogP contribution is 2.41. The molecule has 1 fully saturated rings. The molecule has 1 aliphatic heterocycles. The molecule has 1 aliphatic carbocycles. The molecule has 2 aromatic heterocycles. The molecule has 0 unspecified atom stereocenters. The first-order valence-electron chi connectivity index (χ1n) is 10.7. The van der Waals surface area contributed by atoms with Crippen molar-refractivity contribution in [1.82, 2.24) is 9.97 Å². The maximum atomic E-state index is 15.9. The van der Waals surface area contributed by atoms with Gasteiger partial charge >= 0.3 is 0 Å². The molecule has 0 radical (unpaired) electrons. The molecule has 3 heterocycles. The fourth-order valence-electron chi connectivity index (χ4n) is 4.51. The monoisotopic (exact) mass is 387 g/mol. The van der Waals surface area contributed by atoms with Gasteiger partial charge in [-0.15, -0.1) is 0 Å². The van der Waals surface area contributed by atoms with Gasteiger partial charge in [0.2, 0.25) is 0 Å². The number of fused-ring (bicyclic) bond motifs is 1. The lowest BCUT2D eigenvalue weighted by molar-refractivity contribution is 0.415. The Morgan fingerprint density at radius 1 is 1.14 bits per heavy atom. The van der Waals surface area contributed by atoms with E-state index in [0.29, 0.717) is 17.9 Å². The van der Waals surface area contributed by atoms with Crippen molar-refractivity contribution < 1.29 is 4.39 Å².